The van der Waals surface area contributed by atoms with Crippen LogP contribution in [-0.4, -0.2) is 16.2 Å². The second-order valence-electron chi connectivity index (χ2n) is 3.32. The molecule has 2 N–H and O–H groups in total. The molecule has 0 bridgehead atoms. The monoisotopic (exact) mass is 256 g/mol. The van der Waals surface area contributed by atoms with Gasteiger partial charge in [-0.2, -0.15) is 0 Å². The van der Waals surface area contributed by atoms with Crippen molar-refractivity contribution < 1.29 is 37.0 Å². The van der Waals surface area contributed by atoms with Crippen molar-refractivity contribution in [1.29, 1.82) is 0 Å². The zero-order valence-electron chi connectivity index (χ0n) is 8.19. The molecule has 0 saturated carbocycles. The molecule has 0 radical (unpaired) electrons. The summed E-state index contributed by atoms with van der Waals surface area (Å²) in [6, 6.07) is 0. The minimum absolute atomic E-state index is 0.396. The molecule has 0 unspecified atom stereocenters. The van der Waals surface area contributed by atoms with Gasteiger partial charge in [0.1, 0.15) is 0 Å². The Morgan fingerprint density at radius 2 is 1.24 bits per heavy atom. The van der Waals surface area contributed by atoms with Crippen LogP contribution in [0.5, 0.6) is 0 Å². The molecule has 0 fully saturated rings. The van der Waals surface area contributed by atoms with Gasteiger partial charge in [0.15, 0.2) is 28.9 Å². The summed E-state index contributed by atoms with van der Waals surface area (Å²) < 4.78 is 64.3. The lowest BCUT2D eigenvalue weighted by atomic mass is 9.94. The molecule has 0 aliphatic rings. The molecule has 0 saturated heterocycles. The zero-order valence-corrected chi connectivity index (χ0v) is 8.19. The second kappa shape index (κ2) is 3.95. The average molecular weight is 256 g/mol. The number of hydrogen-bond acceptors (Lipinski definition) is 2. The van der Waals surface area contributed by atoms with Crippen LogP contribution in [-0.2, 0) is 10.4 Å². The molecule has 0 aliphatic heterocycles. The number of carboxylic acid groups (broad SMARTS) is 1. The van der Waals surface area contributed by atoms with Gasteiger partial charge in [0, 0.05) is 0 Å². The first kappa shape index (κ1) is 13.4. The standard InChI is InChI=1S/C9H5F5O3/c1-9(17,8(15)16)2-3(10)5(12)7(14)6(13)4(2)11/h17H,1H3,(H,15,16)/t9-/m0/s1. The van der Waals surface area contributed by atoms with Gasteiger partial charge in [-0.25, -0.2) is 26.7 Å². The van der Waals surface area contributed by atoms with E-state index in [9.17, 15) is 31.9 Å². The van der Waals surface area contributed by atoms with Gasteiger partial charge < -0.3 is 10.2 Å². The van der Waals surface area contributed by atoms with Gasteiger partial charge in [0.2, 0.25) is 5.82 Å². The molecule has 3 nitrogen and oxygen atoms in total. The van der Waals surface area contributed by atoms with Gasteiger partial charge in [0.25, 0.3) is 0 Å². The topological polar surface area (TPSA) is 57.5 Å². The van der Waals surface area contributed by atoms with Crippen molar-refractivity contribution >= 4 is 5.97 Å². The third-order valence-corrected chi connectivity index (χ3v) is 2.11. The molecule has 0 aliphatic carbocycles. The molecule has 1 aromatic rings. The molecular formula is C9H5F5O3. The second-order valence-corrected chi connectivity index (χ2v) is 3.32. The van der Waals surface area contributed by atoms with E-state index in [2.05, 4.69) is 0 Å². The van der Waals surface area contributed by atoms with E-state index in [-0.39, 0.29) is 0 Å². The first-order valence-electron chi connectivity index (χ1n) is 4.10. The molecule has 0 heterocycles. The smallest absolute Gasteiger partial charge is 0.340 e. The maximum Gasteiger partial charge on any atom is 0.340 e. The molecule has 1 rings (SSSR count). The largest absolute Gasteiger partial charge is 0.479 e. The SMILES string of the molecule is C[C@@](O)(C(=O)O)c1c(F)c(F)c(F)c(F)c1F. The minimum atomic E-state index is -3.23. The summed E-state index contributed by atoms with van der Waals surface area (Å²) in [5.74, 6) is -14.0. The summed E-state index contributed by atoms with van der Waals surface area (Å²) in [7, 11) is 0. The van der Waals surface area contributed by atoms with Gasteiger partial charge >= 0.3 is 5.97 Å². The fourth-order valence-electron chi connectivity index (χ4n) is 1.14. The normalized spacial score (nSPS) is 14.5. The fourth-order valence-corrected chi connectivity index (χ4v) is 1.14. The van der Waals surface area contributed by atoms with Gasteiger partial charge in [-0.1, -0.05) is 0 Å². The summed E-state index contributed by atoms with van der Waals surface area (Å²) in [6.45, 7) is 0.396. The predicted octanol–water partition coefficient (Wildman–Crippen LogP) is 1.67. The first-order valence-corrected chi connectivity index (χ1v) is 4.10. The number of hydrogen-bond donors (Lipinski definition) is 2. The maximum atomic E-state index is 13.1. The third kappa shape index (κ3) is 1.84. The van der Waals surface area contributed by atoms with Crippen LogP contribution in [0.4, 0.5) is 22.0 Å². The van der Waals surface area contributed by atoms with Crippen molar-refractivity contribution in [2.24, 2.45) is 0 Å². The Morgan fingerprint density at radius 3 is 1.53 bits per heavy atom. The predicted molar refractivity (Wildman–Crippen MR) is 43.4 cm³/mol. The Labute approximate surface area is 91.1 Å². The Bertz CT molecular complexity index is 469. The molecule has 17 heavy (non-hydrogen) atoms. The van der Waals surface area contributed by atoms with E-state index in [1.165, 1.54) is 0 Å². The van der Waals surface area contributed by atoms with E-state index in [1.54, 1.807) is 0 Å². The van der Waals surface area contributed by atoms with E-state index in [0.29, 0.717) is 6.92 Å². The van der Waals surface area contributed by atoms with Crippen LogP contribution >= 0.6 is 0 Å². The van der Waals surface area contributed by atoms with Crippen LogP contribution in [0.2, 0.25) is 0 Å². The Morgan fingerprint density at radius 1 is 0.941 bits per heavy atom. The van der Waals surface area contributed by atoms with Crippen molar-refractivity contribution in [3.8, 4) is 0 Å². The number of carbonyl (C=O) groups is 1. The number of aliphatic carboxylic acids is 1. The van der Waals surface area contributed by atoms with Crippen molar-refractivity contribution in [2.75, 3.05) is 0 Å². The highest BCUT2D eigenvalue weighted by atomic mass is 19.2. The molecule has 1 atom stereocenters. The quantitative estimate of drug-likeness (QED) is 0.480. The Hall–Kier alpha value is -1.70. The lowest BCUT2D eigenvalue weighted by Crippen LogP contribution is -2.35. The molecule has 0 amide bonds. The van der Waals surface area contributed by atoms with Crippen LogP contribution in [0.3, 0.4) is 0 Å². The molecule has 94 valence electrons. The summed E-state index contributed by atoms with van der Waals surface area (Å²) >= 11 is 0. The van der Waals surface area contributed by atoms with Gasteiger partial charge in [-0.05, 0) is 6.92 Å². The van der Waals surface area contributed by atoms with E-state index >= 15 is 0 Å². The highest BCUT2D eigenvalue weighted by molar-refractivity contribution is 5.78. The average Bonchev–Trinajstić information content (AvgIpc) is 2.23. The van der Waals surface area contributed by atoms with Crippen molar-refractivity contribution in [3.05, 3.63) is 34.6 Å². The highest BCUT2D eigenvalue weighted by Gasteiger charge is 2.42. The van der Waals surface area contributed by atoms with Crippen LogP contribution in [0.15, 0.2) is 0 Å². The Kier molecular flexibility index (Phi) is 3.11. The van der Waals surface area contributed by atoms with Gasteiger partial charge in [-0.3, -0.25) is 0 Å². The van der Waals surface area contributed by atoms with Gasteiger partial charge in [-0.15, -0.1) is 0 Å². The first-order chi connectivity index (χ1) is 7.62. The van der Waals surface area contributed by atoms with Crippen LogP contribution < -0.4 is 0 Å². The molecule has 0 spiro atoms. The number of carboxylic acids is 1. The lowest BCUT2D eigenvalue weighted by molar-refractivity contribution is -0.158. The summed E-state index contributed by atoms with van der Waals surface area (Å²) in [4.78, 5) is 10.5. The van der Waals surface area contributed by atoms with Gasteiger partial charge in [0.05, 0.1) is 5.56 Å². The summed E-state index contributed by atoms with van der Waals surface area (Å²) in [6.07, 6.45) is 0. The van der Waals surface area contributed by atoms with Crippen molar-refractivity contribution in [2.45, 2.75) is 12.5 Å². The van der Waals surface area contributed by atoms with E-state index in [4.69, 9.17) is 5.11 Å². The van der Waals surface area contributed by atoms with Crippen LogP contribution in [0.1, 0.15) is 12.5 Å². The number of halogens is 5. The van der Waals surface area contributed by atoms with Crippen LogP contribution in [0, 0.1) is 29.1 Å². The maximum absolute atomic E-state index is 13.1. The van der Waals surface area contributed by atoms with Crippen molar-refractivity contribution in [3.63, 3.8) is 0 Å². The summed E-state index contributed by atoms with van der Waals surface area (Å²) in [5, 5.41) is 17.7. The minimum Gasteiger partial charge on any atom is -0.479 e. The van der Waals surface area contributed by atoms with Crippen molar-refractivity contribution in [1.82, 2.24) is 0 Å². The Balaban J connectivity index is 3.72. The molecule has 0 aromatic heterocycles. The van der Waals surface area contributed by atoms with E-state index in [0.717, 1.165) is 0 Å². The van der Waals surface area contributed by atoms with Crippen LogP contribution in [0.25, 0.3) is 0 Å². The number of rotatable bonds is 2. The number of benzene rings is 1. The third-order valence-electron chi connectivity index (χ3n) is 2.11. The summed E-state index contributed by atoms with van der Waals surface area (Å²) in [5.41, 5.74) is -5.04. The highest BCUT2D eigenvalue weighted by Crippen LogP contribution is 2.31. The van der Waals surface area contributed by atoms with E-state index in [1.807, 2.05) is 0 Å². The molecule has 8 heteroatoms. The molecular weight excluding hydrogens is 251 g/mol. The van der Waals surface area contributed by atoms with E-state index < -0.39 is 46.2 Å². The molecule has 1 aromatic carbocycles. The number of aliphatic hydroxyl groups is 1. The fraction of sp³-hybridized carbons (Fsp3) is 0.222. The lowest BCUT2D eigenvalue weighted by Gasteiger charge is -2.20. The zero-order chi connectivity index (χ0) is 13.5.